The largest absolute Gasteiger partial charge is 0.497 e. The topological polar surface area (TPSA) is 56.2 Å². The van der Waals surface area contributed by atoms with Crippen molar-refractivity contribution in [3.63, 3.8) is 0 Å². The molecule has 3 aromatic rings. The highest BCUT2D eigenvalue weighted by Gasteiger charge is 2.18. The molecule has 1 amide bonds. The lowest BCUT2D eigenvalue weighted by Crippen LogP contribution is -2.17. The second-order valence-corrected chi connectivity index (χ2v) is 4.98. The van der Waals surface area contributed by atoms with E-state index < -0.39 is 0 Å². The fourth-order valence-electron chi connectivity index (χ4n) is 2.37. The molecule has 0 spiro atoms. The molecule has 5 heteroatoms. The van der Waals surface area contributed by atoms with E-state index in [1.54, 1.807) is 25.0 Å². The summed E-state index contributed by atoms with van der Waals surface area (Å²) in [6, 6.07) is 17.2. The van der Waals surface area contributed by atoms with Crippen LogP contribution in [0.25, 0.3) is 16.9 Å². The van der Waals surface area contributed by atoms with Crippen LogP contribution < -0.4 is 10.1 Å². The van der Waals surface area contributed by atoms with Gasteiger partial charge in [-0.05, 0) is 24.3 Å². The van der Waals surface area contributed by atoms with Crippen LogP contribution in [0.15, 0.2) is 60.8 Å². The highest BCUT2D eigenvalue weighted by molar-refractivity contribution is 5.99. The van der Waals surface area contributed by atoms with E-state index in [9.17, 15) is 4.79 Å². The summed E-state index contributed by atoms with van der Waals surface area (Å²) in [7, 11) is 3.22. The normalized spacial score (nSPS) is 10.3. The molecule has 0 aliphatic rings. The van der Waals surface area contributed by atoms with Crippen LogP contribution in [0.5, 0.6) is 5.75 Å². The van der Waals surface area contributed by atoms with Crippen molar-refractivity contribution < 1.29 is 9.53 Å². The number of methoxy groups -OCH3 is 1. The molecule has 0 radical (unpaired) electrons. The highest BCUT2D eigenvalue weighted by atomic mass is 16.5. The van der Waals surface area contributed by atoms with Crippen molar-refractivity contribution >= 4 is 5.91 Å². The minimum atomic E-state index is -0.176. The molecule has 1 heterocycles. The summed E-state index contributed by atoms with van der Waals surface area (Å²) in [5, 5.41) is 7.26. The fraction of sp³-hybridized carbons (Fsp3) is 0.111. The van der Waals surface area contributed by atoms with Gasteiger partial charge >= 0.3 is 0 Å². The first kappa shape index (κ1) is 14.8. The predicted octanol–water partition coefficient (Wildman–Crippen LogP) is 2.91. The van der Waals surface area contributed by atoms with E-state index in [0.29, 0.717) is 11.3 Å². The molecule has 0 fully saturated rings. The summed E-state index contributed by atoms with van der Waals surface area (Å²) in [5.74, 6) is 0.546. The molecule has 116 valence electrons. The van der Waals surface area contributed by atoms with E-state index in [0.717, 1.165) is 17.0 Å². The number of carbonyl (C=O) groups excluding carboxylic acids is 1. The Kier molecular flexibility index (Phi) is 4.10. The first-order chi connectivity index (χ1) is 11.2. The van der Waals surface area contributed by atoms with E-state index >= 15 is 0 Å². The van der Waals surface area contributed by atoms with E-state index in [4.69, 9.17) is 4.74 Å². The van der Waals surface area contributed by atoms with Crippen LogP contribution in [0.3, 0.4) is 0 Å². The maximum atomic E-state index is 12.2. The molecule has 3 rings (SSSR count). The summed E-state index contributed by atoms with van der Waals surface area (Å²) in [4.78, 5) is 12.2. The minimum absolute atomic E-state index is 0.176. The van der Waals surface area contributed by atoms with Crippen molar-refractivity contribution in [1.82, 2.24) is 15.1 Å². The molecule has 0 saturated carbocycles. The zero-order chi connectivity index (χ0) is 16.2. The van der Waals surface area contributed by atoms with Gasteiger partial charge in [-0.3, -0.25) is 4.79 Å². The summed E-state index contributed by atoms with van der Waals surface area (Å²) in [6.45, 7) is 0. The Bertz CT molecular complexity index is 825. The second kappa shape index (κ2) is 6.36. The van der Waals surface area contributed by atoms with E-state index in [1.165, 1.54) is 0 Å². The zero-order valence-corrected chi connectivity index (χ0v) is 13.0. The minimum Gasteiger partial charge on any atom is -0.497 e. The van der Waals surface area contributed by atoms with Gasteiger partial charge in [0.15, 0.2) is 0 Å². The first-order valence-electron chi connectivity index (χ1n) is 7.24. The SMILES string of the molecule is CNC(=O)c1cn(-c2ccccc2)nc1-c1cccc(OC)c1. The molecule has 0 unspecified atom stereocenters. The van der Waals surface area contributed by atoms with Crippen LogP contribution in [-0.2, 0) is 0 Å². The van der Waals surface area contributed by atoms with E-state index in [1.807, 2.05) is 54.6 Å². The van der Waals surface area contributed by atoms with Crippen molar-refractivity contribution in [2.24, 2.45) is 0 Å². The number of aromatic nitrogens is 2. The van der Waals surface area contributed by atoms with E-state index in [-0.39, 0.29) is 5.91 Å². The molecule has 0 aliphatic carbocycles. The molecule has 1 N–H and O–H groups in total. The second-order valence-electron chi connectivity index (χ2n) is 4.98. The number of amides is 1. The zero-order valence-electron chi connectivity index (χ0n) is 13.0. The average molecular weight is 307 g/mol. The van der Waals surface area contributed by atoms with Crippen LogP contribution in [0.1, 0.15) is 10.4 Å². The van der Waals surface area contributed by atoms with Gasteiger partial charge in [-0.25, -0.2) is 4.68 Å². The summed E-state index contributed by atoms with van der Waals surface area (Å²) in [6.07, 6.45) is 1.74. The number of carbonyl (C=O) groups is 1. The third kappa shape index (κ3) is 2.94. The van der Waals surface area contributed by atoms with Crippen LogP contribution in [0.4, 0.5) is 0 Å². The third-order valence-corrected chi connectivity index (χ3v) is 3.55. The number of nitrogens with one attached hydrogen (secondary N) is 1. The fourth-order valence-corrected chi connectivity index (χ4v) is 2.37. The Morgan fingerprint density at radius 2 is 1.91 bits per heavy atom. The highest BCUT2D eigenvalue weighted by Crippen LogP contribution is 2.26. The number of hydrogen-bond acceptors (Lipinski definition) is 3. The van der Waals surface area contributed by atoms with Crippen LogP contribution in [0, 0.1) is 0 Å². The molecule has 0 saturated heterocycles. The summed E-state index contributed by atoms with van der Waals surface area (Å²) in [5.41, 5.74) is 2.86. The van der Waals surface area contributed by atoms with E-state index in [2.05, 4.69) is 10.4 Å². The number of para-hydroxylation sites is 1. The molecule has 5 nitrogen and oxygen atoms in total. The molecule has 2 aromatic carbocycles. The van der Waals surface area contributed by atoms with Crippen molar-refractivity contribution in [3.8, 4) is 22.7 Å². The Labute approximate surface area is 134 Å². The maximum absolute atomic E-state index is 12.2. The van der Waals surface area contributed by atoms with Gasteiger partial charge in [0.25, 0.3) is 5.91 Å². The molecular formula is C18H17N3O2. The number of ether oxygens (including phenoxy) is 1. The molecule has 0 bridgehead atoms. The van der Waals surface area contributed by atoms with Crippen LogP contribution >= 0.6 is 0 Å². The van der Waals surface area contributed by atoms with Gasteiger partial charge < -0.3 is 10.1 Å². The van der Waals surface area contributed by atoms with Crippen LogP contribution in [0.2, 0.25) is 0 Å². The molecule has 23 heavy (non-hydrogen) atoms. The number of nitrogens with zero attached hydrogens (tertiary/aromatic N) is 2. The third-order valence-electron chi connectivity index (χ3n) is 3.55. The van der Waals surface area contributed by atoms with Gasteiger partial charge in [-0.15, -0.1) is 0 Å². The van der Waals surface area contributed by atoms with Gasteiger partial charge in [-0.1, -0.05) is 30.3 Å². The van der Waals surface area contributed by atoms with Crippen molar-refractivity contribution in [3.05, 3.63) is 66.4 Å². The van der Waals surface area contributed by atoms with Gasteiger partial charge in [0.2, 0.25) is 0 Å². The Balaban J connectivity index is 2.14. The number of rotatable bonds is 4. The lowest BCUT2D eigenvalue weighted by molar-refractivity contribution is 0.0963. The Morgan fingerprint density at radius 3 is 2.61 bits per heavy atom. The first-order valence-corrected chi connectivity index (χ1v) is 7.24. The van der Waals surface area contributed by atoms with Gasteiger partial charge in [0, 0.05) is 18.8 Å². The Hall–Kier alpha value is -3.08. The summed E-state index contributed by atoms with van der Waals surface area (Å²) < 4.78 is 6.97. The van der Waals surface area contributed by atoms with Crippen molar-refractivity contribution in [2.75, 3.05) is 14.2 Å². The predicted molar refractivity (Wildman–Crippen MR) is 88.9 cm³/mol. The van der Waals surface area contributed by atoms with Crippen LogP contribution in [-0.4, -0.2) is 29.8 Å². The Morgan fingerprint density at radius 1 is 1.13 bits per heavy atom. The number of hydrogen-bond donors (Lipinski definition) is 1. The monoisotopic (exact) mass is 307 g/mol. The molecule has 0 atom stereocenters. The maximum Gasteiger partial charge on any atom is 0.254 e. The van der Waals surface area contributed by atoms with Gasteiger partial charge in [0.1, 0.15) is 11.4 Å². The lowest BCUT2D eigenvalue weighted by atomic mass is 10.1. The number of benzene rings is 2. The van der Waals surface area contributed by atoms with Crippen molar-refractivity contribution in [1.29, 1.82) is 0 Å². The lowest BCUT2D eigenvalue weighted by Gasteiger charge is -2.04. The van der Waals surface area contributed by atoms with Crippen molar-refractivity contribution in [2.45, 2.75) is 0 Å². The quantitative estimate of drug-likeness (QED) is 0.806. The smallest absolute Gasteiger partial charge is 0.254 e. The molecule has 0 aliphatic heterocycles. The molecular weight excluding hydrogens is 290 g/mol. The summed E-state index contributed by atoms with van der Waals surface area (Å²) >= 11 is 0. The molecule has 1 aromatic heterocycles. The average Bonchev–Trinajstić information content (AvgIpc) is 3.07. The van der Waals surface area contributed by atoms with Gasteiger partial charge in [0.05, 0.1) is 18.4 Å². The van der Waals surface area contributed by atoms with Gasteiger partial charge in [-0.2, -0.15) is 5.10 Å². The standard InChI is InChI=1S/C18H17N3O2/c1-19-18(22)16-12-21(14-8-4-3-5-9-14)20-17(16)13-7-6-10-15(11-13)23-2/h3-12H,1-2H3,(H,19,22).